The van der Waals surface area contributed by atoms with Crippen LogP contribution in [-0.4, -0.2) is 74.6 Å². The number of carbonyl (C=O) groups excluding carboxylic acids is 1. The number of anilines is 1. The quantitative estimate of drug-likeness (QED) is 0.537. The number of hydrogen-bond donors (Lipinski definition) is 1. The molecule has 2 aromatic rings. The number of β-amino-alcohol motifs (C(OH)–C–C–N with tert-alkyl or cyclic N) is 1. The molecule has 1 aliphatic heterocycles. The molecule has 1 saturated heterocycles. The average Bonchev–Trinajstić information content (AvgIpc) is 2.83. The lowest BCUT2D eigenvalue weighted by atomic mass is 9.86. The zero-order valence-electron chi connectivity index (χ0n) is 21.9. The molecule has 1 heterocycles. The van der Waals surface area contributed by atoms with Gasteiger partial charge in [0.1, 0.15) is 24.2 Å². The molecule has 0 bridgehead atoms. The molecule has 1 aliphatic rings. The highest BCUT2D eigenvalue weighted by Crippen LogP contribution is 2.34. The number of benzene rings is 2. The molecule has 0 amide bonds. The molecule has 2 atom stereocenters. The predicted octanol–water partition coefficient (Wildman–Crippen LogP) is 4.12. The SMILES string of the molecule is CCOC(=O)c1ccccc1N1CCN(CC(O)COc2ccc(OC)cc2C(C)(C)C)C(C)C1. The van der Waals surface area contributed by atoms with E-state index in [9.17, 15) is 9.90 Å². The molecular formula is C28H40N2O5. The Hall–Kier alpha value is -2.77. The number of aliphatic hydroxyl groups is 1. The van der Waals surface area contributed by atoms with E-state index in [1.165, 1.54) is 0 Å². The van der Waals surface area contributed by atoms with Gasteiger partial charge in [-0.2, -0.15) is 0 Å². The van der Waals surface area contributed by atoms with Crippen LogP contribution in [0, 0.1) is 0 Å². The number of carbonyl (C=O) groups is 1. The van der Waals surface area contributed by atoms with Crippen molar-refractivity contribution in [1.29, 1.82) is 0 Å². The summed E-state index contributed by atoms with van der Waals surface area (Å²) in [6.07, 6.45) is -0.620. The van der Waals surface area contributed by atoms with Gasteiger partial charge in [-0.05, 0) is 49.6 Å². The van der Waals surface area contributed by atoms with Gasteiger partial charge in [0.25, 0.3) is 0 Å². The van der Waals surface area contributed by atoms with Gasteiger partial charge in [-0.1, -0.05) is 32.9 Å². The molecule has 1 N–H and O–H groups in total. The fourth-order valence-electron chi connectivity index (χ4n) is 4.47. The minimum atomic E-state index is -0.620. The van der Waals surface area contributed by atoms with Crippen LogP contribution in [0.15, 0.2) is 42.5 Å². The lowest BCUT2D eigenvalue weighted by Crippen LogP contribution is -2.54. The van der Waals surface area contributed by atoms with Gasteiger partial charge >= 0.3 is 5.97 Å². The van der Waals surface area contributed by atoms with Gasteiger partial charge in [0.2, 0.25) is 0 Å². The summed E-state index contributed by atoms with van der Waals surface area (Å²) in [6, 6.07) is 13.6. The van der Waals surface area contributed by atoms with Gasteiger partial charge in [0, 0.05) is 37.8 Å². The van der Waals surface area contributed by atoms with Crippen LogP contribution in [0.25, 0.3) is 0 Å². The van der Waals surface area contributed by atoms with Gasteiger partial charge in [0.15, 0.2) is 0 Å². The van der Waals surface area contributed by atoms with Crippen LogP contribution in [0.5, 0.6) is 11.5 Å². The summed E-state index contributed by atoms with van der Waals surface area (Å²) >= 11 is 0. The lowest BCUT2D eigenvalue weighted by Gasteiger charge is -2.42. The second-order valence-corrected chi connectivity index (χ2v) is 10.1. The molecule has 0 spiro atoms. The molecule has 2 unspecified atom stereocenters. The maximum Gasteiger partial charge on any atom is 0.340 e. The average molecular weight is 485 g/mol. The maximum absolute atomic E-state index is 12.4. The second-order valence-electron chi connectivity index (χ2n) is 10.1. The van der Waals surface area contributed by atoms with E-state index in [4.69, 9.17) is 14.2 Å². The number of nitrogens with zero attached hydrogens (tertiary/aromatic N) is 2. The van der Waals surface area contributed by atoms with Crippen molar-refractivity contribution in [3.8, 4) is 11.5 Å². The molecule has 7 nitrogen and oxygen atoms in total. The number of hydrogen-bond acceptors (Lipinski definition) is 7. The number of piperazine rings is 1. The van der Waals surface area contributed by atoms with E-state index in [1.54, 1.807) is 7.11 Å². The molecule has 35 heavy (non-hydrogen) atoms. The van der Waals surface area contributed by atoms with Crippen LogP contribution in [0.3, 0.4) is 0 Å². The summed E-state index contributed by atoms with van der Waals surface area (Å²) in [6.45, 7) is 13.8. The monoisotopic (exact) mass is 484 g/mol. The Morgan fingerprint density at radius 3 is 2.57 bits per heavy atom. The summed E-state index contributed by atoms with van der Waals surface area (Å²) in [5.41, 5.74) is 2.43. The number of esters is 1. The molecule has 192 valence electrons. The Morgan fingerprint density at radius 1 is 1.17 bits per heavy atom. The first-order valence-electron chi connectivity index (χ1n) is 12.4. The van der Waals surface area contributed by atoms with E-state index in [1.807, 2.05) is 49.4 Å². The Kier molecular flexibility index (Phi) is 9.03. The molecule has 0 aliphatic carbocycles. The molecular weight excluding hydrogens is 444 g/mol. The molecule has 0 saturated carbocycles. The number of aliphatic hydroxyl groups excluding tert-OH is 1. The van der Waals surface area contributed by atoms with E-state index >= 15 is 0 Å². The van der Waals surface area contributed by atoms with Crippen LogP contribution in [-0.2, 0) is 10.2 Å². The van der Waals surface area contributed by atoms with Gasteiger partial charge in [-0.25, -0.2) is 4.79 Å². The summed E-state index contributed by atoms with van der Waals surface area (Å²) in [5.74, 6) is 1.27. The van der Waals surface area contributed by atoms with Gasteiger partial charge in [0.05, 0.1) is 25.0 Å². The third-order valence-corrected chi connectivity index (χ3v) is 6.38. The third-order valence-electron chi connectivity index (χ3n) is 6.38. The second kappa shape index (κ2) is 11.8. The van der Waals surface area contributed by atoms with Crippen LogP contribution in [0.2, 0.25) is 0 Å². The highest BCUT2D eigenvalue weighted by atomic mass is 16.5. The predicted molar refractivity (Wildman–Crippen MR) is 139 cm³/mol. The first-order valence-corrected chi connectivity index (χ1v) is 12.4. The molecule has 1 fully saturated rings. The standard InChI is InChI=1S/C28H40N2O5/c1-7-34-27(32)23-10-8-9-11-25(23)30-15-14-29(20(2)17-30)18-21(31)19-35-26-13-12-22(33-6)16-24(26)28(3,4)5/h8-13,16,20-21,31H,7,14-15,17-19H2,1-6H3. The minimum Gasteiger partial charge on any atom is -0.497 e. The highest BCUT2D eigenvalue weighted by Gasteiger charge is 2.28. The van der Waals surface area contributed by atoms with E-state index in [0.29, 0.717) is 18.7 Å². The molecule has 2 aromatic carbocycles. The summed E-state index contributed by atoms with van der Waals surface area (Å²) in [4.78, 5) is 16.9. The van der Waals surface area contributed by atoms with E-state index in [2.05, 4.69) is 37.5 Å². The maximum atomic E-state index is 12.4. The van der Waals surface area contributed by atoms with Gasteiger partial charge in [-0.3, -0.25) is 4.90 Å². The van der Waals surface area contributed by atoms with Crippen LogP contribution >= 0.6 is 0 Å². The topological polar surface area (TPSA) is 71.5 Å². The zero-order chi connectivity index (χ0) is 25.6. The fourth-order valence-corrected chi connectivity index (χ4v) is 4.47. The minimum absolute atomic E-state index is 0.112. The van der Waals surface area contributed by atoms with E-state index < -0.39 is 6.10 Å². The third kappa shape index (κ3) is 6.89. The zero-order valence-corrected chi connectivity index (χ0v) is 21.9. The molecule has 0 radical (unpaired) electrons. The van der Waals surface area contributed by atoms with Crippen molar-refractivity contribution in [3.05, 3.63) is 53.6 Å². The largest absolute Gasteiger partial charge is 0.497 e. The van der Waals surface area contributed by atoms with Crippen molar-refractivity contribution in [2.24, 2.45) is 0 Å². The molecule has 7 heteroatoms. The molecule has 0 aromatic heterocycles. The van der Waals surface area contributed by atoms with Gasteiger partial charge < -0.3 is 24.2 Å². The smallest absolute Gasteiger partial charge is 0.340 e. The van der Waals surface area contributed by atoms with Crippen LogP contribution in [0.1, 0.15) is 50.5 Å². The van der Waals surface area contributed by atoms with Crippen molar-refractivity contribution >= 4 is 11.7 Å². The number of methoxy groups -OCH3 is 1. The summed E-state index contributed by atoms with van der Waals surface area (Å²) in [7, 11) is 1.66. The van der Waals surface area contributed by atoms with Crippen molar-refractivity contribution in [1.82, 2.24) is 4.90 Å². The van der Waals surface area contributed by atoms with Crippen molar-refractivity contribution < 1.29 is 24.1 Å². The lowest BCUT2D eigenvalue weighted by molar-refractivity contribution is 0.0502. The fraction of sp³-hybridized carbons (Fsp3) is 0.536. The van der Waals surface area contributed by atoms with Crippen molar-refractivity contribution in [2.45, 2.75) is 52.2 Å². The van der Waals surface area contributed by atoms with E-state index in [-0.39, 0.29) is 24.0 Å². The van der Waals surface area contributed by atoms with Crippen molar-refractivity contribution in [2.75, 3.05) is 51.4 Å². The Balaban J connectivity index is 1.59. The van der Waals surface area contributed by atoms with Crippen LogP contribution < -0.4 is 14.4 Å². The summed E-state index contributed by atoms with van der Waals surface area (Å²) in [5, 5.41) is 10.8. The number of ether oxygens (including phenoxy) is 3. The van der Waals surface area contributed by atoms with E-state index in [0.717, 1.165) is 42.4 Å². The normalized spacial score (nSPS) is 17.7. The first kappa shape index (κ1) is 26.8. The highest BCUT2D eigenvalue weighted by molar-refractivity contribution is 5.95. The number of para-hydroxylation sites is 1. The number of rotatable bonds is 9. The Labute approximate surface area is 209 Å². The van der Waals surface area contributed by atoms with Crippen LogP contribution in [0.4, 0.5) is 5.69 Å². The Morgan fingerprint density at radius 2 is 1.91 bits per heavy atom. The van der Waals surface area contributed by atoms with Gasteiger partial charge in [-0.15, -0.1) is 0 Å². The first-order chi connectivity index (χ1) is 16.6. The Bertz CT molecular complexity index is 988. The summed E-state index contributed by atoms with van der Waals surface area (Å²) < 4.78 is 16.7. The van der Waals surface area contributed by atoms with Crippen molar-refractivity contribution in [3.63, 3.8) is 0 Å². The molecule has 3 rings (SSSR count).